The number of aromatic nitrogens is 4. The Morgan fingerprint density at radius 3 is 2.60 bits per heavy atom. The van der Waals surface area contributed by atoms with Gasteiger partial charge >= 0.3 is 0 Å². The number of para-hydroxylation sites is 1. The minimum absolute atomic E-state index is 0.0543. The summed E-state index contributed by atoms with van der Waals surface area (Å²) >= 11 is 1.53. The third-order valence-corrected chi connectivity index (χ3v) is 6.23. The molecule has 0 bridgehead atoms. The van der Waals surface area contributed by atoms with Crippen molar-refractivity contribution in [1.82, 2.24) is 18.9 Å². The number of benzene rings is 2. The van der Waals surface area contributed by atoms with E-state index in [0.29, 0.717) is 21.8 Å². The number of hydrogen-bond acceptors (Lipinski definition) is 4. The van der Waals surface area contributed by atoms with Crippen LogP contribution in [0.25, 0.3) is 22.2 Å². The molecule has 6 heteroatoms. The van der Waals surface area contributed by atoms with Crippen molar-refractivity contribution in [2.45, 2.75) is 24.8 Å². The van der Waals surface area contributed by atoms with Crippen LogP contribution in [0.5, 0.6) is 0 Å². The molecular weight excluding hydrogens is 392 g/mol. The van der Waals surface area contributed by atoms with Crippen LogP contribution in [0.1, 0.15) is 16.8 Å². The van der Waals surface area contributed by atoms with E-state index in [9.17, 15) is 4.79 Å². The van der Waals surface area contributed by atoms with Gasteiger partial charge in [-0.3, -0.25) is 9.36 Å². The van der Waals surface area contributed by atoms with Crippen molar-refractivity contribution in [1.29, 1.82) is 0 Å². The lowest BCUT2D eigenvalue weighted by Gasteiger charge is -2.14. The molecular formula is C24H20N4OS. The number of nitrogens with zero attached hydrogens (tertiary/aromatic N) is 4. The van der Waals surface area contributed by atoms with Gasteiger partial charge in [0.15, 0.2) is 5.16 Å². The van der Waals surface area contributed by atoms with Crippen molar-refractivity contribution in [2.75, 3.05) is 0 Å². The van der Waals surface area contributed by atoms with E-state index in [1.807, 2.05) is 77.5 Å². The van der Waals surface area contributed by atoms with Crippen molar-refractivity contribution in [3.63, 3.8) is 0 Å². The zero-order valence-electron chi connectivity index (χ0n) is 16.7. The summed E-state index contributed by atoms with van der Waals surface area (Å²) in [4.78, 5) is 22.9. The molecule has 0 aliphatic heterocycles. The van der Waals surface area contributed by atoms with Gasteiger partial charge < -0.3 is 4.40 Å². The molecule has 5 aromatic rings. The molecule has 0 fully saturated rings. The van der Waals surface area contributed by atoms with Gasteiger partial charge in [-0.05, 0) is 61.4 Å². The first-order valence-corrected chi connectivity index (χ1v) is 10.7. The lowest BCUT2D eigenvalue weighted by atomic mass is 10.1. The predicted octanol–water partition coefficient (Wildman–Crippen LogP) is 4.94. The molecule has 0 amide bonds. The average Bonchev–Trinajstić information content (AvgIpc) is 3.18. The molecule has 148 valence electrons. The molecule has 0 atom stereocenters. The number of imidazole rings is 1. The quantitative estimate of drug-likeness (QED) is 0.310. The fraction of sp³-hybridized carbons (Fsp3) is 0.125. The third-order valence-electron chi connectivity index (χ3n) is 5.26. The largest absolute Gasteiger partial charge is 0.307 e. The zero-order valence-corrected chi connectivity index (χ0v) is 17.6. The standard InChI is InChI=1S/C24H20N4OS/c1-16-10-11-19(13-17(16)2)28-23(29)20-7-3-4-8-21(20)26-24(28)30-15-18-14-27-12-6-5-9-22(27)25-18/h3-14H,15H2,1-2H3. The van der Waals surface area contributed by atoms with E-state index in [1.54, 1.807) is 4.57 Å². The van der Waals surface area contributed by atoms with Gasteiger partial charge in [-0.15, -0.1) is 0 Å². The second kappa shape index (κ2) is 7.46. The van der Waals surface area contributed by atoms with Crippen LogP contribution in [0.4, 0.5) is 0 Å². The average molecular weight is 413 g/mol. The van der Waals surface area contributed by atoms with Crippen LogP contribution in [0, 0.1) is 13.8 Å². The number of pyridine rings is 1. The van der Waals surface area contributed by atoms with Crippen molar-refractivity contribution in [2.24, 2.45) is 0 Å². The molecule has 0 saturated heterocycles. The van der Waals surface area contributed by atoms with E-state index >= 15 is 0 Å². The van der Waals surface area contributed by atoms with Gasteiger partial charge in [-0.25, -0.2) is 9.97 Å². The lowest BCUT2D eigenvalue weighted by Crippen LogP contribution is -2.22. The van der Waals surface area contributed by atoms with Crippen LogP contribution >= 0.6 is 11.8 Å². The number of rotatable bonds is 4. The van der Waals surface area contributed by atoms with Crippen molar-refractivity contribution < 1.29 is 0 Å². The minimum atomic E-state index is -0.0543. The lowest BCUT2D eigenvalue weighted by molar-refractivity contribution is 0.818. The Kier molecular flexibility index (Phi) is 4.64. The molecule has 3 heterocycles. The molecule has 0 spiro atoms. The van der Waals surface area contributed by atoms with Crippen LogP contribution in [-0.4, -0.2) is 18.9 Å². The highest BCUT2D eigenvalue weighted by Crippen LogP contribution is 2.25. The summed E-state index contributed by atoms with van der Waals surface area (Å²) in [6.45, 7) is 4.13. The van der Waals surface area contributed by atoms with Crippen LogP contribution in [0.3, 0.4) is 0 Å². The van der Waals surface area contributed by atoms with Gasteiger partial charge in [0.25, 0.3) is 5.56 Å². The molecule has 0 aliphatic rings. The maximum atomic E-state index is 13.4. The highest BCUT2D eigenvalue weighted by molar-refractivity contribution is 7.98. The molecule has 0 unspecified atom stereocenters. The van der Waals surface area contributed by atoms with Crippen LogP contribution in [0.15, 0.2) is 83.0 Å². The van der Waals surface area contributed by atoms with E-state index in [2.05, 4.69) is 18.8 Å². The monoisotopic (exact) mass is 412 g/mol. The van der Waals surface area contributed by atoms with Gasteiger partial charge in [0.1, 0.15) is 5.65 Å². The first-order valence-electron chi connectivity index (χ1n) is 9.75. The number of fused-ring (bicyclic) bond motifs is 2. The third kappa shape index (κ3) is 3.29. The van der Waals surface area contributed by atoms with Crippen LogP contribution in [-0.2, 0) is 5.75 Å². The Labute approximate surface area is 178 Å². The molecule has 30 heavy (non-hydrogen) atoms. The minimum Gasteiger partial charge on any atom is -0.307 e. The molecule has 3 aromatic heterocycles. The van der Waals surface area contributed by atoms with E-state index in [0.717, 1.165) is 22.6 Å². The Morgan fingerprint density at radius 1 is 0.933 bits per heavy atom. The van der Waals surface area contributed by atoms with E-state index < -0.39 is 0 Å². The topological polar surface area (TPSA) is 52.2 Å². The normalized spacial score (nSPS) is 11.4. The van der Waals surface area contributed by atoms with Gasteiger partial charge in [0.2, 0.25) is 0 Å². The first kappa shape index (κ1) is 18.6. The fourth-order valence-electron chi connectivity index (χ4n) is 3.50. The first-order chi connectivity index (χ1) is 14.6. The summed E-state index contributed by atoms with van der Waals surface area (Å²) < 4.78 is 3.72. The van der Waals surface area contributed by atoms with Gasteiger partial charge in [0.05, 0.1) is 22.3 Å². The summed E-state index contributed by atoms with van der Waals surface area (Å²) in [6, 6.07) is 19.5. The predicted molar refractivity (Wildman–Crippen MR) is 122 cm³/mol. The Balaban J connectivity index is 1.62. The zero-order chi connectivity index (χ0) is 20.7. The maximum Gasteiger partial charge on any atom is 0.266 e. The summed E-state index contributed by atoms with van der Waals surface area (Å²) in [5.41, 5.74) is 5.68. The number of aryl methyl sites for hydroxylation is 2. The van der Waals surface area contributed by atoms with E-state index in [4.69, 9.17) is 4.98 Å². The van der Waals surface area contributed by atoms with Gasteiger partial charge in [-0.2, -0.15) is 0 Å². The van der Waals surface area contributed by atoms with Crippen molar-refractivity contribution >= 4 is 28.3 Å². The molecule has 0 aliphatic carbocycles. The van der Waals surface area contributed by atoms with Crippen molar-refractivity contribution in [3.05, 3.63) is 100 Å². The Morgan fingerprint density at radius 2 is 1.77 bits per heavy atom. The Bertz CT molecular complexity index is 1420. The summed E-state index contributed by atoms with van der Waals surface area (Å²) in [7, 11) is 0. The second-order valence-electron chi connectivity index (χ2n) is 7.31. The van der Waals surface area contributed by atoms with Gasteiger partial charge in [-0.1, -0.05) is 36.0 Å². The molecule has 0 radical (unpaired) electrons. The summed E-state index contributed by atoms with van der Waals surface area (Å²) in [5.74, 6) is 0.622. The molecule has 2 aromatic carbocycles. The maximum absolute atomic E-state index is 13.4. The Hall–Kier alpha value is -3.38. The fourth-order valence-corrected chi connectivity index (χ4v) is 4.39. The van der Waals surface area contributed by atoms with Crippen LogP contribution in [0.2, 0.25) is 0 Å². The summed E-state index contributed by atoms with van der Waals surface area (Å²) in [5, 5.41) is 1.28. The smallest absolute Gasteiger partial charge is 0.266 e. The SMILES string of the molecule is Cc1ccc(-n2c(SCc3cn4ccccc4n3)nc3ccccc3c2=O)cc1C. The van der Waals surface area contributed by atoms with Crippen molar-refractivity contribution in [3.8, 4) is 5.69 Å². The highest BCUT2D eigenvalue weighted by Gasteiger charge is 2.14. The molecule has 0 saturated carbocycles. The molecule has 0 N–H and O–H groups in total. The second-order valence-corrected chi connectivity index (χ2v) is 8.25. The van der Waals surface area contributed by atoms with Gasteiger partial charge in [0, 0.05) is 18.1 Å². The van der Waals surface area contributed by atoms with E-state index in [-0.39, 0.29) is 5.56 Å². The van der Waals surface area contributed by atoms with E-state index in [1.165, 1.54) is 17.3 Å². The number of thioether (sulfide) groups is 1. The highest BCUT2D eigenvalue weighted by atomic mass is 32.2. The molecule has 5 nitrogen and oxygen atoms in total. The number of hydrogen-bond donors (Lipinski definition) is 0. The summed E-state index contributed by atoms with van der Waals surface area (Å²) in [6.07, 6.45) is 4.00. The van der Waals surface area contributed by atoms with Crippen LogP contribution < -0.4 is 5.56 Å². The molecule has 5 rings (SSSR count).